The Bertz CT molecular complexity index is 724. The largest absolute Gasteiger partial charge is 0.473 e. The quantitative estimate of drug-likeness (QED) is 0.512. The number of hydrogen-bond donors (Lipinski definition) is 0. The predicted octanol–water partition coefficient (Wildman–Crippen LogP) is 5.41. The summed E-state index contributed by atoms with van der Waals surface area (Å²) in [4.78, 5) is 7.45. The summed E-state index contributed by atoms with van der Waals surface area (Å²) in [5, 5.41) is 0. The lowest BCUT2D eigenvalue weighted by Gasteiger charge is -2.04. The van der Waals surface area contributed by atoms with Crippen molar-refractivity contribution < 1.29 is 9.13 Å². The van der Waals surface area contributed by atoms with E-state index in [1.807, 2.05) is 42.5 Å². The van der Waals surface area contributed by atoms with E-state index in [4.69, 9.17) is 4.74 Å². The zero-order valence-corrected chi connectivity index (χ0v) is 15.2. The molecule has 23 heavy (non-hydrogen) atoms. The summed E-state index contributed by atoms with van der Waals surface area (Å²) in [6.45, 7) is 0.546. The standard InChI is InChI=1S/C12H10BrNO.C5H3BrFN/c13-11-6-7-14-12(8-11)15-9-10-4-2-1-3-5-10;6-4-1-2-8-5(7)3-4/h1-8H,9H2;1-3H. The van der Waals surface area contributed by atoms with Gasteiger partial charge in [0.25, 0.3) is 0 Å². The third-order valence-corrected chi connectivity index (χ3v) is 3.60. The molecule has 0 amide bonds. The molecule has 3 nitrogen and oxygen atoms in total. The first-order chi connectivity index (χ1) is 11.1. The Balaban J connectivity index is 0.000000203. The summed E-state index contributed by atoms with van der Waals surface area (Å²) in [6.07, 6.45) is 3.11. The topological polar surface area (TPSA) is 35.0 Å². The first-order valence-electron chi connectivity index (χ1n) is 6.69. The van der Waals surface area contributed by atoms with Crippen LogP contribution in [0.4, 0.5) is 4.39 Å². The van der Waals surface area contributed by atoms with Crippen LogP contribution in [0.2, 0.25) is 0 Å². The SMILES string of the molecule is Brc1ccnc(OCc2ccccc2)c1.Fc1cc(Br)ccn1. The van der Waals surface area contributed by atoms with Crippen molar-refractivity contribution in [2.45, 2.75) is 6.61 Å². The average molecular weight is 440 g/mol. The van der Waals surface area contributed by atoms with Crippen molar-refractivity contribution >= 4 is 31.9 Å². The van der Waals surface area contributed by atoms with Crippen LogP contribution in [0.3, 0.4) is 0 Å². The van der Waals surface area contributed by atoms with E-state index in [1.54, 1.807) is 12.3 Å². The fourth-order valence-electron chi connectivity index (χ4n) is 1.57. The second-order valence-corrected chi connectivity index (χ2v) is 6.21. The summed E-state index contributed by atoms with van der Waals surface area (Å²) in [6, 6.07) is 16.7. The lowest BCUT2D eigenvalue weighted by atomic mass is 10.2. The highest BCUT2D eigenvalue weighted by Crippen LogP contribution is 2.15. The number of rotatable bonds is 3. The van der Waals surface area contributed by atoms with Gasteiger partial charge in [-0.25, -0.2) is 9.97 Å². The zero-order valence-electron chi connectivity index (χ0n) is 12.0. The number of benzene rings is 1. The number of hydrogen-bond acceptors (Lipinski definition) is 3. The molecule has 0 fully saturated rings. The molecule has 0 spiro atoms. The number of pyridine rings is 2. The predicted molar refractivity (Wildman–Crippen MR) is 94.6 cm³/mol. The molecular formula is C17H13Br2FN2O. The molecule has 1 aromatic carbocycles. The molecule has 6 heteroatoms. The Kier molecular flexibility index (Phi) is 7.16. The molecule has 0 saturated carbocycles. The zero-order chi connectivity index (χ0) is 16.5. The first-order valence-corrected chi connectivity index (χ1v) is 8.27. The van der Waals surface area contributed by atoms with Gasteiger partial charge in [-0.2, -0.15) is 4.39 Å². The Morgan fingerprint density at radius 1 is 0.870 bits per heavy atom. The summed E-state index contributed by atoms with van der Waals surface area (Å²) in [5.74, 6) is 0.174. The van der Waals surface area contributed by atoms with Gasteiger partial charge in [0.05, 0.1) is 0 Å². The van der Waals surface area contributed by atoms with E-state index < -0.39 is 5.95 Å². The second-order valence-electron chi connectivity index (χ2n) is 4.38. The number of nitrogens with zero attached hydrogens (tertiary/aromatic N) is 2. The van der Waals surface area contributed by atoms with Crippen molar-refractivity contribution in [1.29, 1.82) is 0 Å². The van der Waals surface area contributed by atoms with Gasteiger partial charge in [-0.15, -0.1) is 0 Å². The maximum absolute atomic E-state index is 12.0. The molecule has 118 valence electrons. The van der Waals surface area contributed by atoms with Crippen LogP contribution in [0.1, 0.15) is 5.56 Å². The Labute approximate surface area is 150 Å². The third-order valence-electron chi connectivity index (χ3n) is 2.62. The molecule has 0 unspecified atom stereocenters. The minimum absolute atomic E-state index is 0.459. The minimum atomic E-state index is -0.459. The van der Waals surface area contributed by atoms with Crippen LogP contribution in [0.25, 0.3) is 0 Å². The molecule has 0 saturated heterocycles. The summed E-state index contributed by atoms with van der Waals surface area (Å²) >= 11 is 6.45. The second kappa shape index (κ2) is 9.37. The van der Waals surface area contributed by atoms with Crippen LogP contribution >= 0.6 is 31.9 Å². The number of ether oxygens (including phenoxy) is 1. The number of aromatic nitrogens is 2. The first kappa shape index (κ1) is 17.6. The summed E-state index contributed by atoms with van der Waals surface area (Å²) in [7, 11) is 0. The van der Waals surface area contributed by atoms with Crippen molar-refractivity contribution in [2.75, 3.05) is 0 Å². The molecule has 0 atom stereocenters. The number of halogens is 3. The summed E-state index contributed by atoms with van der Waals surface area (Å²) < 4.78 is 19.2. The van der Waals surface area contributed by atoms with E-state index in [2.05, 4.69) is 41.8 Å². The molecule has 2 aromatic heterocycles. The Hall–Kier alpha value is -1.79. The van der Waals surface area contributed by atoms with Gasteiger partial charge in [0.15, 0.2) is 0 Å². The van der Waals surface area contributed by atoms with Gasteiger partial charge < -0.3 is 4.74 Å². The van der Waals surface area contributed by atoms with Gasteiger partial charge in [0.1, 0.15) is 6.61 Å². The maximum Gasteiger partial charge on any atom is 0.214 e. The van der Waals surface area contributed by atoms with E-state index >= 15 is 0 Å². The molecule has 0 N–H and O–H groups in total. The molecule has 3 rings (SSSR count). The van der Waals surface area contributed by atoms with Crippen molar-refractivity contribution in [1.82, 2.24) is 9.97 Å². The van der Waals surface area contributed by atoms with Crippen molar-refractivity contribution in [3.63, 3.8) is 0 Å². The van der Waals surface area contributed by atoms with E-state index in [0.29, 0.717) is 17.0 Å². The highest BCUT2D eigenvalue weighted by molar-refractivity contribution is 9.10. The van der Waals surface area contributed by atoms with Crippen LogP contribution in [-0.2, 0) is 6.61 Å². The fourth-order valence-corrected chi connectivity index (χ4v) is 2.20. The van der Waals surface area contributed by atoms with E-state index in [9.17, 15) is 4.39 Å². The third kappa shape index (κ3) is 6.88. The highest BCUT2D eigenvalue weighted by atomic mass is 79.9. The summed E-state index contributed by atoms with van der Waals surface area (Å²) in [5.41, 5.74) is 1.14. The van der Waals surface area contributed by atoms with E-state index in [-0.39, 0.29) is 0 Å². The van der Waals surface area contributed by atoms with Gasteiger partial charge >= 0.3 is 0 Å². The van der Waals surface area contributed by atoms with Gasteiger partial charge in [-0.1, -0.05) is 62.2 Å². The smallest absolute Gasteiger partial charge is 0.214 e. The maximum atomic E-state index is 12.0. The van der Waals surface area contributed by atoms with Crippen LogP contribution < -0.4 is 4.74 Å². The van der Waals surface area contributed by atoms with Gasteiger partial charge in [-0.3, -0.25) is 0 Å². The van der Waals surface area contributed by atoms with Crippen LogP contribution in [-0.4, -0.2) is 9.97 Å². The molecule has 0 bridgehead atoms. The molecule has 0 radical (unpaired) electrons. The fraction of sp³-hybridized carbons (Fsp3) is 0.0588. The Morgan fingerprint density at radius 2 is 1.52 bits per heavy atom. The monoisotopic (exact) mass is 438 g/mol. The van der Waals surface area contributed by atoms with Crippen LogP contribution in [0, 0.1) is 5.95 Å². The normalized spacial score (nSPS) is 9.70. The molecule has 0 aliphatic heterocycles. The van der Waals surface area contributed by atoms with Crippen molar-refractivity contribution in [3.8, 4) is 5.88 Å². The molecule has 3 aromatic rings. The molecule has 2 heterocycles. The van der Waals surface area contributed by atoms with Gasteiger partial charge in [0, 0.05) is 33.5 Å². The van der Waals surface area contributed by atoms with E-state index in [1.165, 1.54) is 12.3 Å². The van der Waals surface area contributed by atoms with Gasteiger partial charge in [-0.05, 0) is 17.7 Å². The average Bonchev–Trinajstić information content (AvgIpc) is 2.54. The minimum Gasteiger partial charge on any atom is -0.473 e. The molecule has 0 aliphatic carbocycles. The van der Waals surface area contributed by atoms with Crippen LogP contribution in [0.15, 0.2) is 75.9 Å². The van der Waals surface area contributed by atoms with Crippen molar-refractivity contribution in [2.24, 2.45) is 0 Å². The van der Waals surface area contributed by atoms with Gasteiger partial charge in [0.2, 0.25) is 11.8 Å². The van der Waals surface area contributed by atoms with Crippen LogP contribution in [0.5, 0.6) is 5.88 Å². The lowest BCUT2D eigenvalue weighted by Crippen LogP contribution is -1.96. The highest BCUT2D eigenvalue weighted by Gasteiger charge is 1.96. The Morgan fingerprint density at radius 3 is 2.09 bits per heavy atom. The van der Waals surface area contributed by atoms with Crippen molar-refractivity contribution in [3.05, 3.63) is 87.4 Å². The lowest BCUT2D eigenvalue weighted by molar-refractivity contribution is 0.293. The molecule has 0 aliphatic rings. The van der Waals surface area contributed by atoms with E-state index in [0.717, 1.165) is 10.0 Å². The molecular weight excluding hydrogens is 427 g/mol.